The van der Waals surface area contributed by atoms with Gasteiger partial charge in [-0.3, -0.25) is 9.59 Å². The highest BCUT2D eigenvalue weighted by Gasteiger charge is 2.14. The van der Waals surface area contributed by atoms with Crippen molar-refractivity contribution in [2.24, 2.45) is 0 Å². The van der Waals surface area contributed by atoms with Gasteiger partial charge in [0.05, 0.1) is 23.0 Å². The molecule has 0 saturated heterocycles. The first kappa shape index (κ1) is 22.2. The fourth-order valence-corrected chi connectivity index (χ4v) is 3.53. The minimum atomic E-state index is -0.241. The lowest BCUT2D eigenvalue weighted by Gasteiger charge is -2.07. The molecule has 0 aliphatic carbocycles. The number of ether oxygens (including phenoxy) is 2. The first-order chi connectivity index (χ1) is 15.1. The van der Waals surface area contributed by atoms with Crippen molar-refractivity contribution >= 4 is 23.2 Å². The summed E-state index contributed by atoms with van der Waals surface area (Å²) in [5.41, 5.74) is 1.76. The van der Waals surface area contributed by atoms with Crippen LogP contribution in [0.25, 0.3) is 0 Å². The smallest absolute Gasteiger partial charge is 0.261 e. The molecule has 0 spiro atoms. The summed E-state index contributed by atoms with van der Waals surface area (Å²) >= 11 is 1.14. The molecule has 3 aromatic heterocycles. The van der Waals surface area contributed by atoms with Crippen molar-refractivity contribution in [2.75, 3.05) is 13.2 Å². The van der Waals surface area contributed by atoms with Crippen molar-refractivity contribution in [3.8, 4) is 11.8 Å². The zero-order valence-corrected chi connectivity index (χ0v) is 18.2. The molecular formula is C22H24N4O4S. The number of aromatic nitrogens is 2. The minimum Gasteiger partial charge on any atom is -0.478 e. The predicted molar refractivity (Wildman–Crippen MR) is 117 cm³/mol. The van der Waals surface area contributed by atoms with Crippen LogP contribution in [0.1, 0.15) is 44.3 Å². The van der Waals surface area contributed by atoms with Gasteiger partial charge in [-0.1, -0.05) is 0 Å². The van der Waals surface area contributed by atoms with E-state index >= 15 is 0 Å². The molecular weight excluding hydrogens is 416 g/mol. The Morgan fingerprint density at radius 2 is 1.26 bits per heavy atom. The van der Waals surface area contributed by atoms with Crippen molar-refractivity contribution in [3.63, 3.8) is 0 Å². The van der Waals surface area contributed by atoms with Gasteiger partial charge in [0.1, 0.15) is 0 Å². The second-order valence-electron chi connectivity index (χ2n) is 6.40. The standard InChI is InChI=1S/C22H24N4O4S/c1-3-29-19-11-15(7-9-23-19)13-25-21(27)17-5-6-18(31-17)22(28)26-14-16-8-10-24-20(12-16)30-4-2/h5-12H,3-4,13-14H2,1-2H3,(H,25,27)(H,26,28). The lowest BCUT2D eigenvalue weighted by molar-refractivity contribution is 0.0948. The van der Waals surface area contributed by atoms with Crippen LogP contribution in [0, 0.1) is 0 Å². The van der Waals surface area contributed by atoms with Gasteiger partial charge >= 0.3 is 0 Å². The molecule has 2 amide bonds. The third kappa shape index (κ3) is 6.51. The van der Waals surface area contributed by atoms with Crippen LogP contribution >= 0.6 is 11.3 Å². The average molecular weight is 441 g/mol. The third-order valence-corrected chi connectivity index (χ3v) is 5.23. The summed E-state index contributed by atoms with van der Waals surface area (Å²) in [6, 6.07) is 10.5. The molecule has 9 heteroatoms. The fourth-order valence-electron chi connectivity index (χ4n) is 2.70. The first-order valence-electron chi connectivity index (χ1n) is 9.90. The van der Waals surface area contributed by atoms with Crippen LogP contribution in [0.5, 0.6) is 11.8 Å². The Kier molecular flexibility index (Phi) is 7.94. The number of carbonyl (C=O) groups excluding carboxylic acids is 2. The monoisotopic (exact) mass is 440 g/mol. The Morgan fingerprint density at radius 3 is 1.68 bits per heavy atom. The molecule has 3 heterocycles. The Balaban J connectivity index is 1.52. The number of rotatable bonds is 10. The molecule has 0 atom stereocenters. The highest BCUT2D eigenvalue weighted by Crippen LogP contribution is 2.17. The number of hydrogen-bond donors (Lipinski definition) is 2. The quantitative estimate of drug-likeness (QED) is 0.502. The second-order valence-corrected chi connectivity index (χ2v) is 7.48. The van der Waals surface area contributed by atoms with Crippen LogP contribution in [0.4, 0.5) is 0 Å². The van der Waals surface area contributed by atoms with E-state index in [9.17, 15) is 9.59 Å². The Bertz CT molecular complexity index is 958. The van der Waals surface area contributed by atoms with E-state index in [1.165, 1.54) is 0 Å². The third-order valence-electron chi connectivity index (χ3n) is 4.14. The topological polar surface area (TPSA) is 102 Å². The van der Waals surface area contributed by atoms with Gasteiger partial charge in [0.15, 0.2) is 0 Å². The van der Waals surface area contributed by atoms with E-state index in [2.05, 4.69) is 20.6 Å². The molecule has 8 nitrogen and oxygen atoms in total. The van der Waals surface area contributed by atoms with Gasteiger partial charge in [-0.2, -0.15) is 0 Å². The number of thiophene rings is 1. The number of nitrogens with one attached hydrogen (secondary N) is 2. The maximum absolute atomic E-state index is 12.4. The number of hydrogen-bond acceptors (Lipinski definition) is 7. The van der Waals surface area contributed by atoms with Gasteiger partial charge in [0, 0.05) is 37.6 Å². The van der Waals surface area contributed by atoms with Crippen LogP contribution < -0.4 is 20.1 Å². The Labute approximate surface area is 184 Å². The summed E-state index contributed by atoms with van der Waals surface area (Å²) in [7, 11) is 0. The van der Waals surface area contributed by atoms with Gasteiger partial charge < -0.3 is 20.1 Å². The van der Waals surface area contributed by atoms with Crippen LogP contribution in [0.2, 0.25) is 0 Å². The number of nitrogens with zero attached hydrogens (tertiary/aromatic N) is 2. The van der Waals surface area contributed by atoms with Gasteiger partial charge in [-0.25, -0.2) is 9.97 Å². The van der Waals surface area contributed by atoms with Crippen LogP contribution in [-0.4, -0.2) is 35.0 Å². The second kappa shape index (κ2) is 11.1. The number of amides is 2. The van der Waals surface area contributed by atoms with Crippen molar-refractivity contribution in [1.82, 2.24) is 20.6 Å². The van der Waals surface area contributed by atoms with E-state index in [-0.39, 0.29) is 11.8 Å². The Hall–Kier alpha value is -3.46. The molecule has 31 heavy (non-hydrogen) atoms. The summed E-state index contributed by atoms with van der Waals surface area (Å²) in [4.78, 5) is 34.0. The minimum absolute atomic E-state index is 0.241. The van der Waals surface area contributed by atoms with E-state index in [0.29, 0.717) is 47.8 Å². The average Bonchev–Trinajstić information content (AvgIpc) is 3.27. The summed E-state index contributed by atoms with van der Waals surface area (Å²) in [6.45, 7) is 5.50. The van der Waals surface area contributed by atoms with Crippen molar-refractivity contribution < 1.29 is 19.1 Å². The first-order valence-corrected chi connectivity index (χ1v) is 10.7. The SMILES string of the molecule is CCOc1cc(CNC(=O)c2ccc(C(=O)NCc3ccnc(OCC)c3)s2)ccn1. The molecule has 0 bridgehead atoms. The molecule has 3 aromatic rings. The van der Waals surface area contributed by atoms with E-state index in [4.69, 9.17) is 9.47 Å². The normalized spacial score (nSPS) is 10.4. The molecule has 2 N–H and O–H groups in total. The predicted octanol–water partition coefficient (Wildman–Crippen LogP) is 3.20. The van der Waals surface area contributed by atoms with Gasteiger partial charge in [-0.05, 0) is 49.2 Å². The highest BCUT2D eigenvalue weighted by molar-refractivity contribution is 7.15. The highest BCUT2D eigenvalue weighted by atomic mass is 32.1. The molecule has 0 aromatic carbocycles. The van der Waals surface area contributed by atoms with Gasteiger partial charge in [0.25, 0.3) is 11.8 Å². The van der Waals surface area contributed by atoms with Crippen molar-refractivity contribution in [3.05, 3.63) is 69.7 Å². The molecule has 162 valence electrons. The van der Waals surface area contributed by atoms with Gasteiger partial charge in [0.2, 0.25) is 11.8 Å². The molecule has 3 rings (SSSR count). The molecule has 0 unspecified atom stereocenters. The van der Waals surface area contributed by atoms with Crippen molar-refractivity contribution in [1.29, 1.82) is 0 Å². The fraction of sp³-hybridized carbons (Fsp3) is 0.273. The van der Waals surface area contributed by atoms with Crippen LogP contribution in [0.15, 0.2) is 48.8 Å². The van der Waals surface area contributed by atoms with Crippen molar-refractivity contribution in [2.45, 2.75) is 26.9 Å². The van der Waals surface area contributed by atoms with Gasteiger partial charge in [-0.15, -0.1) is 11.3 Å². The van der Waals surface area contributed by atoms with E-state index in [1.54, 1.807) is 36.7 Å². The maximum Gasteiger partial charge on any atom is 0.261 e. The lowest BCUT2D eigenvalue weighted by Crippen LogP contribution is -2.22. The van der Waals surface area contributed by atoms with Crippen LogP contribution in [0.3, 0.4) is 0 Å². The van der Waals surface area contributed by atoms with E-state index in [0.717, 1.165) is 22.5 Å². The zero-order chi connectivity index (χ0) is 22.1. The lowest BCUT2D eigenvalue weighted by atomic mass is 10.2. The number of carbonyl (C=O) groups is 2. The molecule has 0 radical (unpaired) electrons. The van der Waals surface area contributed by atoms with E-state index < -0.39 is 0 Å². The summed E-state index contributed by atoms with van der Waals surface area (Å²) in [5, 5.41) is 5.70. The Morgan fingerprint density at radius 1 is 0.806 bits per heavy atom. The summed E-state index contributed by atoms with van der Waals surface area (Å²) < 4.78 is 10.7. The maximum atomic E-state index is 12.4. The molecule has 0 aliphatic rings. The number of pyridine rings is 2. The molecule has 0 saturated carbocycles. The summed E-state index contributed by atoms with van der Waals surface area (Å²) in [6.07, 6.45) is 3.28. The molecule has 0 fully saturated rings. The zero-order valence-electron chi connectivity index (χ0n) is 17.4. The molecule has 0 aliphatic heterocycles. The summed E-state index contributed by atoms with van der Waals surface area (Å²) in [5.74, 6) is 0.558. The van der Waals surface area contributed by atoms with Crippen LogP contribution in [-0.2, 0) is 13.1 Å². The van der Waals surface area contributed by atoms with E-state index in [1.807, 2.05) is 26.0 Å². The largest absolute Gasteiger partial charge is 0.478 e.